The maximum atomic E-state index is 12.9. The first-order valence-electron chi connectivity index (χ1n) is 13.1. The van der Waals surface area contributed by atoms with Crippen molar-refractivity contribution in [2.45, 2.75) is 64.3 Å². The molecule has 0 spiro atoms. The van der Waals surface area contributed by atoms with Gasteiger partial charge in [0.05, 0.1) is 0 Å². The number of carbonyl (C=O) groups excluding carboxylic acids is 2. The number of H-pyrrole nitrogens is 1. The van der Waals surface area contributed by atoms with Crippen molar-refractivity contribution in [3.8, 4) is 0 Å². The Morgan fingerprint density at radius 2 is 1.97 bits per heavy atom. The highest BCUT2D eigenvalue weighted by Gasteiger charge is 2.24. The first-order chi connectivity index (χ1) is 18.0. The number of fused-ring (bicyclic) bond motifs is 2. The van der Waals surface area contributed by atoms with Gasteiger partial charge in [0.15, 0.2) is 0 Å². The molecular formula is C28H35N5O4. The first kappa shape index (κ1) is 26.2. The third kappa shape index (κ3) is 6.67. The molecule has 3 heterocycles. The molecule has 1 aliphatic heterocycles. The molecule has 5 N–H and O–H groups in total. The van der Waals surface area contributed by atoms with Crippen LogP contribution in [0.25, 0.3) is 10.9 Å². The molecule has 1 aliphatic rings. The lowest BCUT2D eigenvalue weighted by Crippen LogP contribution is -2.43. The molecule has 9 nitrogen and oxygen atoms in total. The Balaban J connectivity index is 1.20. The smallest absolute Gasteiger partial charge is 0.326 e. The van der Waals surface area contributed by atoms with Gasteiger partial charge in [-0.3, -0.25) is 9.59 Å². The van der Waals surface area contributed by atoms with Crippen LogP contribution < -0.4 is 16.0 Å². The summed E-state index contributed by atoms with van der Waals surface area (Å²) in [6.45, 7) is 3.08. The monoisotopic (exact) mass is 505 g/mol. The van der Waals surface area contributed by atoms with Crippen LogP contribution in [0.15, 0.2) is 36.4 Å². The highest BCUT2D eigenvalue weighted by atomic mass is 16.4. The quantitative estimate of drug-likeness (QED) is 0.239. The van der Waals surface area contributed by atoms with E-state index in [1.807, 2.05) is 31.2 Å². The lowest BCUT2D eigenvalue weighted by atomic mass is 10.1. The second kappa shape index (κ2) is 12.4. The summed E-state index contributed by atoms with van der Waals surface area (Å²) >= 11 is 0. The number of anilines is 1. The summed E-state index contributed by atoms with van der Waals surface area (Å²) < 4.78 is 0. The molecule has 1 unspecified atom stereocenters. The molecule has 2 amide bonds. The molecule has 3 aromatic rings. The number of carbonyl (C=O) groups is 3. The number of pyridine rings is 1. The number of nitrogens with one attached hydrogen (secondary N) is 4. The van der Waals surface area contributed by atoms with Crippen LogP contribution in [0.1, 0.15) is 66.3 Å². The molecule has 1 aromatic carbocycles. The van der Waals surface area contributed by atoms with Crippen LogP contribution in [-0.4, -0.2) is 52.0 Å². The third-order valence-electron chi connectivity index (χ3n) is 6.79. The van der Waals surface area contributed by atoms with Crippen LogP contribution in [0.3, 0.4) is 0 Å². The van der Waals surface area contributed by atoms with Crippen molar-refractivity contribution in [2.24, 2.45) is 0 Å². The second-order valence-electron chi connectivity index (χ2n) is 9.43. The number of unbranched alkanes of at least 4 members (excludes halogenated alkanes) is 1. The van der Waals surface area contributed by atoms with Gasteiger partial charge in [-0.2, -0.15) is 0 Å². The normalized spacial score (nSPS) is 13.4. The summed E-state index contributed by atoms with van der Waals surface area (Å²) in [4.78, 5) is 44.7. The number of para-hydroxylation sites is 1. The van der Waals surface area contributed by atoms with Gasteiger partial charge in [-0.1, -0.05) is 31.2 Å². The van der Waals surface area contributed by atoms with Crippen LogP contribution in [0, 0.1) is 0 Å². The van der Waals surface area contributed by atoms with E-state index >= 15 is 0 Å². The molecular weight excluding hydrogens is 470 g/mol. The predicted octanol–water partition coefficient (Wildman–Crippen LogP) is 3.59. The highest BCUT2D eigenvalue weighted by Crippen LogP contribution is 2.23. The van der Waals surface area contributed by atoms with Crippen LogP contribution in [0.4, 0.5) is 5.82 Å². The largest absolute Gasteiger partial charge is 0.480 e. The lowest BCUT2D eigenvalue weighted by Gasteiger charge is -2.17. The molecule has 0 fully saturated rings. The number of aromatic amines is 1. The van der Waals surface area contributed by atoms with E-state index in [-0.39, 0.29) is 18.9 Å². The number of nitrogens with zero attached hydrogens (tertiary/aromatic N) is 1. The SMILES string of the molecule is CCc1c(C(=O)NC(CCNC(=O)CCCCc2ccc3c(n2)NCCC3)C(=O)O)[nH]c2ccccc12. The summed E-state index contributed by atoms with van der Waals surface area (Å²) in [5.74, 6) is -0.738. The number of aromatic nitrogens is 2. The van der Waals surface area contributed by atoms with Crippen LogP contribution >= 0.6 is 0 Å². The first-order valence-corrected chi connectivity index (χ1v) is 13.1. The van der Waals surface area contributed by atoms with E-state index in [4.69, 9.17) is 0 Å². The van der Waals surface area contributed by atoms with Gasteiger partial charge < -0.3 is 26.0 Å². The molecule has 37 heavy (non-hydrogen) atoms. The Bertz CT molecular complexity index is 1270. The fourth-order valence-electron chi connectivity index (χ4n) is 4.79. The zero-order valence-corrected chi connectivity index (χ0v) is 21.2. The summed E-state index contributed by atoms with van der Waals surface area (Å²) in [6, 6.07) is 10.7. The number of aryl methyl sites for hydroxylation is 3. The van der Waals surface area contributed by atoms with Crippen molar-refractivity contribution in [1.29, 1.82) is 0 Å². The van der Waals surface area contributed by atoms with E-state index < -0.39 is 17.9 Å². The molecule has 0 aliphatic carbocycles. The zero-order chi connectivity index (χ0) is 26.2. The molecule has 4 rings (SSSR count). The van der Waals surface area contributed by atoms with Crippen molar-refractivity contribution in [3.05, 3.63) is 58.9 Å². The van der Waals surface area contributed by atoms with E-state index in [1.165, 1.54) is 5.56 Å². The van der Waals surface area contributed by atoms with E-state index in [1.54, 1.807) is 0 Å². The van der Waals surface area contributed by atoms with E-state index in [2.05, 4.69) is 38.1 Å². The maximum Gasteiger partial charge on any atom is 0.326 e. The summed E-state index contributed by atoms with van der Waals surface area (Å²) in [7, 11) is 0. The third-order valence-corrected chi connectivity index (χ3v) is 6.79. The predicted molar refractivity (Wildman–Crippen MR) is 143 cm³/mol. The number of amides is 2. The molecule has 0 radical (unpaired) electrons. The van der Waals surface area contributed by atoms with Gasteiger partial charge in [-0.25, -0.2) is 9.78 Å². The van der Waals surface area contributed by atoms with E-state index in [9.17, 15) is 19.5 Å². The van der Waals surface area contributed by atoms with E-state index in [0.29, 0.717) is 18.5 Å². The van der Waals surface area contributed by atoms with Crippen LogP contribution in [-0.2, 0) is 28.9 Å². The van der Waals surface area contributed by atoms with Gasteiger partial charge in [0.1, 0.15) is 17.6 Å². The fraction of sp³-hybridized carbons (Fsp3) is 0.429. The van der Waals surface area contributed by atoms with Crippen molar-refractivity contribution < 1.29 is 19.5 Å². The Kier molecular flexibility index (Phi) is 8.77. The van der Waals surface area contributed by atoms with Crippen molar-refractivity contribution in [1.82, 2.24) is 20.6 Å². The van der Waals surface area contributed by atoms with Gasteiger partial charge in [0.25, 0.3) is 5.91 Å². The van der Waals surface area contributed by atoms with E-state index in [0.717, 1.165) is 66.6 Å². The molecule has 0 bridgehead atoms. The molecule has 0 saturated carbocycles. The number of benzene rings is 1. The van der Waals surface area contributed by atoms with Crippen LogP contribution in [0.5, 0.6) is 0 Å². The molecule has 1 atom stereocenters. The number of hydrogen-bond donors (Lipinski definition) is 5. The van der Waals surface area contributed by atoms with Gasteiger partial charge in [-0.05, 0) is 68.2 Å². The molecule has 9 heteroatoms. The van der Waals surface area contributed by atoms with Crippen molar-refractivity contribution >= 4 is 34.5 Å². The van der Waals surface area contributed by atoms with Crippen LogP contribution in [0.2, 0.25) is 0 Å². The summed E-state index contributed by atoms with van der Waals surface area (Å²) in [5.41, 5.74) is 4.35. The Morgan fingerprint density at radius 1 is 1.14 bits per heavy atom. The van der Waals surface area contributed by atoms with Gasteiger partial charge in [0, 0.05) is 36.1 Å². The number of aliphatic carboxylic acids is 1. The minimum atomic E-state index is -1.14. The summed E-state index contributed by atoms with van der Waals surface area (Å²) in [5, 5.41) is 19.3. The highest BCUT2D eigenvalue weighted by molar-refractivity contribution is 6.02. The average Bonchev–Trinajstić information content (AvgIpc) is 3.29. The molecule has 0 saturated heterocycles. The number of rotatable bonds is 12. The maximum absolute atomic E-state index is 12.9. The zero-order valence-electron chi connectivity index (χ0n) is 21.2. The van der Waals surface area contributed by atoms with Crippen molar-refractivity contribution in [2.75, 3.05) is 18.4 Å². The van der Waals surface area contributed by atoms with Crippen molar-refractivity contribution in [3.63, 3.8) is 0 Å². The number of carboxylic acids is 1. The number of carboxylic acid groups (broad SMARTS) is 1. The second-order valence-corrected chi connectivity index (χ2v) is 9.43. The lowest BCUT2D eigenvalue weighted by molar-refractivity contribution is -0.139. The van der Waals surface area contributed by atoms with Gasteiger partial charge in [0.2, 0.25) is 5.91 Å². The standard InChI is InChI=1S/C28H35N5O4/c1-2-20-21-10-4-5-11-22(21)32-25(20)27(35)33-23(28(36)37)15-17-29-24(34)12-6-3-9-19-14-13-18-8-7-16-30-26(18)31-19/h4-5,10-11,13-14,23,32H,2-3,6-9,12,15-17H2,1H3,(H,29,34)(H,30,31)(H,33,35)(H,36,37). The molecule has 2 aromatic heterocycles. The Labute approximate surface area is 216 Å². The minimum absolute atomic E-state index is 0.0978. The Hall–Kier alpha value is -3.88. The van der Waals surface area contributed by atoms with Gasteiger partial charge >= 0.3 is 5.97 Å². The number of hydrogen-bond acceptors (Lipinski definition) is 5. The Morgan fingerprint density at radius 3 is 2.78 bits per heavy atom. The summed E-state index contributed by atoms with van der Waals surface area (Å²) in [6.07, 6.45) is 5.66. The minimum Gasteiger partial charge on any atom is -0.480 e. The topological polar surface area (TPSA) is 136 Å². The fourth-order valence-corrected chi connectivity index (χ4v) is 4.79. The van der Waals surface area contributed by atoms with Gasteiger partial charge in [-0.15, -0.1) is 0 Å². The average molecular weight is 506 g/mol. The molecule has 196 valence electrons.